The second-order valence-electron chi connectivity index (χ2n) is 6.52. The van der Waals surface area contributed by atoms with Crippen LogP contribution in [-0.2, 0) is 4.79 Å². The van der Waals surface area contributed by atoms with Gasteiger partial charge in [0.05, 0.1) is 19.4 Å². The highest BCUT2D eigenvalue weighted by atomic mass is 32.1. The number of hydrogen-bond acceptors (Lipinski definition) is 4. The first-order valence-corrected chi connectivity index (χ1v) is 9.97. The zero-order chi connectivity index (χ0) is 19.7. The summed E-state index contributed by atoms with van der Waals surface area (Å²) in [5, 5.41) is 4.85. The van der Waals surface area contributed by atoms with E-state index in [0.717, 1.165) is 10.4 Å². The lowest BCUT2D eigenvalue weighted by molar-refractivity contribution is -0.116. The maximum Gasteiger partial charge on any atom is 0.225 e. The Morgan fingerprint density at radius 3 is 2.75 bits per heavy atom. The molecule has 0 fully saturated rings. The van der Waals surface area contributed by atoms with Crippen LogP contribution < -0.4 is 14.8 Å². The Morgan fingerprint density at radius 1 is 1.18 bits per heavy atom. The number of benzene rings is 2. The summed E-state index contributed by atoms with van der Waals surface area (Å²) in [6, 6.07) is 12.4. The van der Waals surface area contributed by atoms with Crippen molar-refractivity contribution in [3.05, 3.63) is 64.1 Å². The van der Waals surface area contributed by atoms with Crippen molar-refractivity contribution in [2.75, 3.05) is 19.0 Å². The molecule has 1 amide bonds. The van der Waals surface area contributed by atoms with Gasteiger partial charge in [-0.2, -0.15) is 0 Å². The minimum atomic E-state index is -0.304. The lowest BCUT2D eigenvalue weighted by Gasteiger charge is -2.24. The number of carbonyl (C=O) groups excluding carboxylic acids is 1. The number of anilines is 1. The van der Waals surface area contributed by atoms with Crippen molar-refractivity contribution in [3.63, 3.8) is 0 Å². The standard InChI is InChI=1S/C22H20FNO3S/c1-3-27-18-9-8-13(10-19(18)26-2)15-11-20(25)24-21-16(12-28-22(15)21)14-6-4-5-7-17(14)23/h4-10,12,15H,3,11H2,1-2H3,(H,24,25). The van der Waals surface area contributed by atoms with Gasteiger partial charge in [0.25, 0.3) is 0 Å². The Bertz CT molecular complexity index is 1030. The molecular formula is C22H20FNO3S. The lowest BCUT2D eigenvalue weighted by atomic mass is 9.89. The van der Waals surface area contributed by atoms with Gasteiger partial charge in [-0.1, -0.05) is 24.3 Å². The van der Waals surface area contributed by atoms with Crippen LogP contribution in [0.3, 0.4) is 0 Å². The molecule has 6 heteroatoms. The number of hydrogen-bond donors (Lipinski definition) is 1. The van der Waals surface area contributed by atoms with Crippen LogP contribution in [0.15, 0.2) is 47.8 Å². The number of fused-ring (bicyclic) bond motifs is 1. The Kier molecular flexibility index (Phi) is 5.05. The molecule has 0 saturated heterocycles. The van der Waals surface area contributed by atoms with E-state index in [2.05, 4.69) is 5.32 Å². The third-order valence-corrected chi connectivity index (χ3v) is 5.94. The van der Waals surface area contributed by atoms with Gasteiger partial charge in [0.2, 0.25) is 5.91 Å². The van der Waals surface area contributed by atoms with E-state index in [-0.39, 0.29) is 17.6 Å². The summed E-state index contributed by atoms with van der Waals surface area (Å²) >= 11 is 1.53. The largest absolute Gasteiger partial charge is 0.493 e. The SMILES string of the molecule is CCOc1ccc(C2CC(=O)Nc3c(-c4ccccc4F)csc32)cc1OC. The lowest BCUT2D eigenvalue weighted by Crippen LogP contribution is -2.22. The summed E-state index contributed by atoms with van der Waals surface area (Å²) in [5.41, 5.74) is 2.88. The minimum Gasteiger partial charge on any atom is -0.493 e. The molecular weight excluding hydrogens is 377 g/mol. The second-order valence-corrected chi connectivity index (χ2v) is 7.43. The van der Waals surface area contributed by atoms with Gasteiger partial charge in [0, 0.05) is 33.7 Å². The predicted molar refractivity (Wildman–Crippen MR) is 109 cm³/mol. The minimum absolute atomic E-state index is 0.0821. The number of carbonyl (C=O) groups is 1. The van der Waals surface area contributed by atoms with E-state index in [4.69, 9.17) is 9.47 Å². The maximum atomic E-state index is 14.3. The van der Waals surface area contributed by atoms with Crippen molar-refractivity contribution in [1.29, 1.82) is 0 Å². The van der Waals surface area contributed by atoms with Gasteiger partial charge in [0.15, 0.2) is 11.5 Å². The molecule has 1 aromatic heterocycles. The number of halogens is 1. The van der Waals surface area contributed by atoms with Crippen molar-refractivity contribution < 1.29 is 18.7 Å². The average Bonchev–Trinajstić information content (AvgIpc) is 3.12. The molecule has 3 aromatic rings. The number of rotatable bonds is 5. The van der Waals surface area contributed by atoms with E-state index in [1.807, 2.05) is 30.5 Å². The fourth-order valence-corrected chi connectivity index (χ4v) is 4.70. The first-order chi connectivity index (χ1) is 13.6. The fourth-order valence-electron chi connectivity index (χ4n) is 3.55. The van der Waals surface area contributed by atoms with E-state index < -0.39 is 0 Å². The fraction of sp³-hybridized carbons (Fsp3) is 0.227. The van der Waals surface area contributed by atoms with Crippen molar-refractivity contribution in [2.45, 2.75) is 19.3 Å². The molecule has 0 saturated carbocycles. The highest BCUT2D eigenvalue weighted by Gasteiger charge is 2.31. The van der Waals surface area contributed by atoms with Gasteiger partial charge in [-0.25, -0.2) is 4.39 Å². The van der Waals surface area contributed by atoms with Gasteiger partial charge in [-0.3, -0.25) is 4.79 Å². The van der Waals surface area contributed by atoms with E-state index >= 15 is 0 Å². The molecule has 1 N–H and O–H groups in total. The van der Waals surface area contributed by atoms with Gasteiger partial charge < -0.3 is 14.8 Å². The molecule has 144 valence electrons. The second kappa shape index (κ2) is 7.64. The van der Waals surface area contributed by atoms with Gasteiger partial charge in [-0.05, 0) is 30.7 Å². The summed E-state index contributed by atoms with van der Waals surface area (Å²) in [6.07, 6.45) is 0.335. The van der Waals surface area contributed by atoms with Gasteiger partial charge in [0.1, 0.15) is 5.82 Å². The summed E-state index contributed by atoms with van der Waals surface area (Å²) in [4.78, 5) is 13.5. The molecule has 1 atom stereocenters. The van der Waals surface area contributed by atoms with E-state index in [1.165, 1.54) is 17.4 Å². The summed E-state index contributed by atoms with van der Waals surface area (Å²) in [5.74, 6) is 0.813. The molecule has 2 heterocycles. The molecule has 0 spiro atoms. The van der Waals surface area contributed by atoms with Crippen molar-refractivity contribution >= 4 is 22.9 Å². The zero-order valence-corrected chi connectivity index (χ0v) is 16.4. The Hall–Kier alpha value is -2.86. The highest BCUT2D eigenvalue weighted by molar-refractivity contribution is 7.11. The number of ether oxygens (including phenoxy) is 2. The van der Waals surface area contributed by atoms with Crippen LogP contribution in [0, 0.1) is 5.82 Å². The first kappa shape index (κ1) is 18.5. The molecule has 2 aromatic carbocycles. The third kappa shape index (κ3) is 3.24. The molecule has 4 rings (SSSR count). The Labute approximate surface area is 166 Å². The summed E-state index contributed by atoms with van der Waals surface area (Å²) in [6.45, 7) is 2.46. The van der Waals surface area contributed by atoms with E-state index in [9.17, 15) is 9.18 Å². The highest BCUT2D eigenvalue weighted by Crippen LogP contribution is 2.47. The van der Waals surface area contributed by atoms with Crippen LogP contribution in [0.4, 0.5) is 10.1 Å². The van der Waals surface area contributed by atoms with Gasteiger partial charge >= 0.3 is 0 Å². The average molecular weight is 397 g/mol. The number of nitrogens with one attached hydrogen (secondary N) is 1. The van der Waals surface area contributed by atoms with Crippen LogP contribution in [-0.4, -0.2) is 19.6 Å². The zero-order valence-electron chi connectivity index (χ0n) is 15.6. The van der Waals surface area contributed by atoms with Crippen molar-refractivity contribution in [1.82, 2.24) is 0 Å². The third-order valence-electron chi connectivity index (χ3n) is 4.84. The van der Waals surface area contributed by atoms with Crippen LogP contribution in [0.1, 0.15) is 29.7 Å². The topological polar surface area (TPSA) is 47.6 Å². The predicted octanol–water partition coefficient (Wildman–Crippen LogP) is 5.44. The smallest absolute Gasteiger partial charge is 0.225 e. The molecule has 0 bridgehead atoms. The Morgan fingerprint density at radius 2 is 2.00 bits per heavy atom. The van der Waals surface area contributed by atoms with Crippen molar-refractivity contribution in [3.8, 4) is 22.6 Å². The molecule has 28 heavy (non-hydrogen) atoms. The van der Waals surface area contributed by atoms with Crippen LogP contribution in [0.2, 0.25) is 0 Å². The molecule has 1 aliphatic heterocycles. The monoisotopic (exact) mass is 397 g/mol. The number of thiophene rings is 1. The number of amides is 1. The molecule has 0 radical (unpaired) electrons. The van der Waals surface area contributed by atoms with Gasteiger partial charge in [-0.15, -0.1) is 11.3 Å². The summed E-state index contributed by atoms with van der Waals surface area (Å²) < 4.78 is 25.4. The quantitative estimate of drug-likeness (QED) is 0.624. The molecule has 1 unspecified atom stereocenters. The Balaban J connectivity index is 1.78. The maximum absolute atomic E-state index is 14.3. The molecule has 4 nitrogen and oxygen atoms in total. The molecule has 0 aliphatic carbocycles. The first-order valence-electron chi connectivity index (χ1n) is 9.09. The van der Waals surface area contributed by atoms with Crippen LogP contribution in [0.25, 0.3) is 11.1 Å². The number of methoxy groups -OCH3 is 1. The summed E-state index contributed by atoms with van der Waals surface area (Å²) in [7, 11) is 1.60. The van der Waals surface area contributed by atoms with E-state index in [0.29, 0.717) is 41.3 Å². The normalized spacial score (nSPS) is 15.7. The van der Waals surface area contributed by atoms with Crippen LogP contribution in [0.5, 0.6) is 11.5 Å². The van der Waals surface area contributed by atoms with Crippen LogP contribution >= 0.6 is 11.3 Å². The van der Waals surface area contributed by atoms with Crippen molar-refractivity contribution in [2.24, 2.45) is 0 Å². The molecule has 1 aliphatic rings. The van der Waals surface area contributed by atoms with E-state index in [1.54, 1.807) is 25.3 Å².